The third kappa shape index (κ3) is 3.99. The summed E-state index contributed by atoms with van der Waals surface area (Å²) in [5.41, 5.74) is 3.52. The summed E-state index contributed by atoms with van der Waals surface area (Å²) in [4.78, 5) is 17.0. The summed E-state index contributed by atoms with van der Waals surface area (Å²) in [6.07, 6.45) is 5.13. The predicted molar refractivity (Wildman–Crippen MR) is 102 cm³/mol. The first-order chi connectivity index (χ1) is 12.6. The fourth-order valence-electron chi connectivity index (χ4n) is 2.97. The first-order valence-electron chi connectivity index (χ1n) is 8.84. The number of rotatable bonds is 6. The van der Waals surface area contributed by atoms with Gasteiger partial charge in [0.05, 0.1) is 17.8 Å². The number of hydrogen-bond donors (Lipinski definition) is 1. The van der Waals surface area contributed by atoms with Crippen molar-refractivity contribution in [1.29, 1.82) is 0 Å². The number of carbonyl (C=O) groups excluding carboxylic acids is 1. The Kier molecular flexibility index (Phi) is 5.46. The highest BCUT2D eigenvalue weighted by atomic mass is 16.1. The van der Waals surface area contributed by atoms with Crippen molar-refractivity contribution < 1.29 is 4.79 Å². The van der Waals surface area contributed by atoms with Gasteiger partial charge < -0.3 is 5.32 Å². The van der Waals surface area contributed by atoms with Crippen LogP contribution < -0.4 is 5.32 Å². The topological polar surface area (TPSA) is 59.8 Å². The molecule has 3 aromatic rings. The molecule has 2 aromatic heterocycles. The fraction of sp³-hybridized carbons (Fsp3) is 0.286. The summed E-state index contributed by atoms with van der Waals surface area (Å²) in [6, 6.07) is 13.6. The number of nitrogens with one attached hydrogen (secondary N) is 1. The van der Waals surface area contributed by atoms with Crippen molar-refractivity contribution >= 4 is 5.91 Å². The number of amides is 1. The van der Waals surface area contributed by atoms with Crippen molar-refractivity contribution in [2.45, 2.75) is 33.4 Å². The molecular weight excluding hydrogens is 324 g/mol. The van der Waals surface area contributed by atoms with Gasteiger partial charge in [-0.25, -0.2) is 0 Å². The van der Waals surface area contributed by atoms with Gasteiger partial charge in [0, 0.05) is 24.6 Å². The van der Waals surface area contributed by atoms with Crippen LogP contribution >= 0.6 is 0 Å². The van der Waals surface area contributed by atoms with E-state index in [0.29, 0.717) is 11.5 Å². The van der Waals surface area contributed by atoms with Gasteiger partial charge in [0.1, 0.15) is 0 Å². The van der Waals surface area contributed by atoms with Gasteiger partial charge in [0.25, 0.3) is 5.91 Å². The Labute approximate surface area is 154 Å². The van der Waals surface area contributed by atoms with Crippen molar-refractivity contribution in [2.24, 2.45) is 5.92 Å². The maximum Gasteiger partial charge on any atom is 0.255 e. The molecular formula is C21H24N4O. The molecule has 0 spiro atoms. The van der Waals surface area contributed by atoms with Crippen LogP contribution in [0.4, 0.5) is 0 Å². The molecule has 0 radical (unpaired) electrons. The molecule has 0 aliphatic heterocycles. The number of aromatic nitrogens is 3. The van der Waals surface area contributed by atoms with Crippen LogP contribution in [0.2, 0.25) is 0 Å². The molecule has 0 unspecified atom stereocenters. The van der Waals surface area contributed by atoms with Crippen LogP contribution in [-0.4, -0.2) is 20.7 Å². The zero-order chi connectivity index (χ0) is 18.5. The number of carbonyl (C=O) groups is 1. The van der Waals surface area contributed by atoms with Crippen LogP contribution in [0.5, 0.6) is 0 Å². The molecule has 1 atom stereocenters. The lowest BCUT2D eigenvalue weighted by atomic mass is 9.99. The van der Waals surface area contributed by atoms with Crippen LogP contribution in [0, 0.1) is 12.8 Å². The number of benzene rings is 1. The second kappa shape index (κ2) is 7.95. The summed E-state index contributed by atoms with van der Waals surface area (Å²) in [7, 11) is 0. The Bertz CT molecular complexity index is 817. The van der Waals surface area contributed by atoms with Crippen LogP contribution in [-0.2, 0) is 6.54 Å². The predicted octanol–water partition coefficient (Wildman–Crippen LogP) is 3.76. The van der Waals surface area contributed by atoms with Crippen molar-refractivity contribution in [3.63, 3.8) is 0 Å². The van der Waals surface area contributed by atoms with Gasteiger partial charge in [-0.2, -0.15) is 5.10 Å². The third-order valence-electron chi connectivity index (χ3n) is 4.33. The van der Waals surface area contributed by atoms with E-state index in [1.807, 2.05) is 54.1 Å². The van der Waals surface area contributed by atoms with E-state index in [4.69, 9.17) is 0 Å². The van der Waals surface area contributed by atoms with E-state index in [2.05, 4.69) is 29.2 Å². The molecule has 134 valence electrons. The van der Waals surface area contributed by atoms with Gasteiger partial charge in [0.2, 0.25) is 0 Å². The van der Waals surface area contributed by atoms with Crippen molar-refractivity contribution in [3.8, 4) is 0 Å². The summed E-state index contributed by atoms with van der Waals surface area (Å²) in [5.74, 6) is 0.349. The average Bonchev–Trinajstić information content (AvgIpc) is 3.01. The third-order valence-corrected chi connectivity index (χ3v) is 4.33. The number of nitrogens with zero attached hydrogens (tertiary/aromatic N) is 3. The van der Waals surface area contributed by atoms with E-state index in [1.165, 1.54) is 0 Å². The minimum absolute atomic E-state index is 0.122. The second-order valence-electron chi connectivity index (χ2n) is 6.82. The molecule has 0 saturated carbocycles. The fourth-order valence-corrected chi connectivity index (χ4v) is 2.97. The van der Waals surface area contributed by atoms with Gasteiger partial charge in [-0.05, 0) is 36.1 Å². The highest BCUT2D eigenvalue weighted by Crippen LogP contribution is 2.22. The molecule has 5 heteroatoms. The molecule has 0 fully saturated rings. The minimum atomic E-state index is -0.237. The largest absolute Gasteiger partial charge is 0.341 e. The van der Waals surface area contributed by atoms with Gasteiger partial charge in [-0.3, -0.25) is 14.5 Å². The van der Waals surface area contributed by atoms with Crippen molar-refractivity contribution in [1.82, 2.24) is 20.1 Å². The molecule has 2 heterocycles. The maximum absolute atomic E-state index is 12.9. The van der Waals surface area contributed by atoms with Crippen molar-refractivity contribution in [3.05, 3.63) is 83.4 Å². The second-order valence-corrected chi connectivity index (χ2v) is 6.82. The molecule has 5 nitrogen and oxygen atoms in total. The molecule has 1 amide bonds. The Hall–Kier alpha value is -2.95. The van der Waals surface area contributed by atoms with Crippen LogP contribution in [0.3, 0.4) is 0 Å². The Morgan fingerprint density at radius 3 is 2.38 bits per heavy atom. The molecule has 0 saturated heterocycles. The summed E-state index contributed by atoms with van der Waals surface area (Å²) < 4.78 is 1.89. The molecule has 0 bridgehead atoms. The van der Waals surface area contributed by atoms with Gasteiger partial charge in [0.15, 0.2) is 0 Å². The Morgan fingerprint density at radius 1 is 1.08 bits per heavy atom. The molecule has 0 aliphatic carbocycles. The van der Waals surface area contributed by atoms with E-state index in [0.717, 1.165) is 23.4 Å². The van der Waals surface area contributed by atoms with E-state index >= 15 is 0 Å². The zero-order valence-electron chi connectivity index (χ0n) is 15.4. The van der Waals surface area contributed by atoms with Crippen LogP contribution in [0.25, 0.3) is 0 Å². The average molecular weight is 348 g/mol. The summed E-state index contributed by atoms with van der Waals surface area (Å²) in [5, 5.41) is 7.53. The highest BCUT2D eigenvalue weighted by Gasteiger charge is 2.21. The lowest BCUT2D eigenvalue weighted by molar-refractivity contribution is 0.0942. The van der Waals surface area contributed by atoms with E-state index in [1.54, 1.807) is 18.6 Å². The maximum atomic E-state index is 12.9. The summed E-state index contributed by atoms with van der Waals surface area (Å²) in [6.45, 7) is 7.01. The lowest BCUT2D eigenvalue weighted by Crippen LogP contribution is -2.29. The lowest BCUT2D eigenvalue weighted by Gasteiger charge is -2.19. The van der Waals surface area contributed by atoms with Gasteiger partial charge >= 0.3 is 0 Å². The Balaban J connectivity index is 1.88. The van der Waals surface area contributed by atoms with Gasteiger partial charge in [-0.1, -0.05) is 44.2 Å². The molecule has 1 aromatic carbocycles. The first-order valence-corrected chi connectivity index (χ1v) is 8.84. The normalized spacial score (nSPS) is 12.2. The summed E-state index contributed by atoms with van der Waals surface area (Å²) >= 11 is 0. The highest BCUT2D eigenvalue weighted by molar-refractivity contribution is 5.95. The smallest absolute Gasteiger partial charge is 0.255 e. The first kappa shape index (κ1) is 17.9. The SMILES string of the molecule is Cc1c(C(=O)N[C@H](c2ccccc2)c2ccncc2)cnn1CC(C)C. The standard InChI is InChI=1S/C21H24N4O/c1-15(2)14-25-16(3)19(13-23-25)21(26)24-20(17-7-5-4-6-8-17)18-9-11-22-12-10-18/h4-13,15,20H,14H2,1-3H3,(H,24,26)/t20-/m1/s1. The van der Waals surface area contributed by atoms with E-state index in [-0.39, 0.29) is 11.9 Å². The molecule has 1 N–H and O–H groups in total. The van der Waals surface area contributed by atoms with Crippen LogP contribution in [0.1, 0.15) is 47.1 Å². The number of hydrogen-bond acceptors (Lipinski definition) is 3. The quantitative estimate of drug-likeness (QED) is 0.738. The molecule has 0 aliphatic rings. The van der Waals surface area contributed by atoms with Gasteiger partial charge in [-0.15, -0.1) is 0 Å². The van der Waals surface area contributed by atoms with E-state index < -0.39 is 0 Å². The minimum Gasteiger partial charge on any atom is -0.341 e. The molecule has 26 heavy (non-hydrogen) atoms. The zero-order valence-corrected chi connectivity index (χ0v) is 15.4. The number of pyridine rings is 1. The molecule has 3 rings (SSSR count). The Morgan fingerprint density at radius 2 is 1.73 bits per heavy atom. The monoisotopic (exact) mass is 348 g/mol. The van der Waals surface area contributed by atoms with Crippen molar-refractivity contribution in [2.75, 3.05) is 0 Å². The van der Waals surface area contributed by atoms with Crippen LogP contribution in [0.15, 0.2) is 61.1 Å². The van der Waals surface area contributed by atoms with E-state index in [9.17, 15) is 4.79 Å².